The van der Waals surface area contributed by atoms with Gasteiger partial charge in [0.25, 0.3) is 5.91 Å². The summed E-state index contributed by atoms with van der Waals surface area (Å²) in [4.78, 5) is 19.4. The Bertz CT molecular complexity index is 1170. The molecule has 1 atom stereocenters. The summed E-state index contributed by atoms with van der Waals surface area (Å²) in [5, 5.41) is 14.5. The van der Waals surface area contributed by atoms with E-state index in [1.807, 2.05) is 23.0 Å². The van der Waals surface area contributed by atoms with Gasteiger partial charge in [0.05, 0.1) is 18.0 Å². The maximum Gasteiger partial charge on any atom is 0.253 e. The van der Waals surface area contributed by atoms with Crippen LogP contribution < -0.4 is 4.90 Å². The van der Waals surface area contributed by atoms with Gasteiger partial charge < -0.3 is 14.9 Å². The summed E-state index contributed by atoms with van der Waals surface area (Å²) in [7, 11) is 2.21. The fourth-order valence-electron chi connectivity index (χ4n) is 5.51. The molecule has 1 amide bonds. The van der Waals surface area contributed by atoms with E-state index in [9.17, 15) is 9.90 Å². The van der Waals surface area contributed by atoms with Crippen molar-refractivity contribution in [3.63, 3.8) is 0 Å². The van der Waals surface area contributed by atoms with Crippen LogP contribution in [0.25, 0.3) is 5.69 Å². The van der Waals surface area contributed by atoms with E-state index in [1.54, 1.807) is 4.90 Å². The van der Waals surface area contributed by atoms with Gasteiger partial charge in [-0.1, -0.05) is 18.2 Å². The van der Waals surface area contributed by atoms with Crippen LogP contribution in [0.15, 0.2) is 60.9 Å². The van der Waals surface area contributed by atoms with E-state index in [-0.39, 0.29) is 5.91 Å². The van der Waals surface area contributed by atoms with Crippen molar-refractivity contribution in [1.29, 1.82) is 0 Å². The van der Waals surface area contributed by atoms with Gasteiger partial charge in [0.2, 0.25) is 0 Å². The molecule has 0 unspecified atom stereocenters. The number of β-amino-alcohol motifs (C(OH)–C–C–N with tert-alkyl or cyclic N) is 1. The van der Waals surface area contributed by atoms with Gasteiger partial charge in [-0.05, 0) is 75.5 Å². The number of carbonyl (C=O) groups is 1. The lowest BCUT2D eigenvalue weighted by molar-refractivity contribution is 0.0474. The number of aromatic nitrogens is 2. The molecule has 7 heteroatoms. The topological polar surface area (TPSA) is 64.8 Å². The third-order valence-corrected chi connectivity index (χ3v) is 7.68. The van der Waals surface area contributed by atoms with Gasteiger partial charge in [-0.3, -0.25) is 9.69 Å². The molecular weight excluding hydrogens is 450 g/mol. The average molecular weight is 488 g/mol. The molecule has 0 aliphatic carbocycles. The lowest BCUT2D eigenvalue weighted by atomic mass is 10.0. The SMILES string of the molecule is Cc1ccccc1-n1cc(CN(C)C2CCN(c3ccc(C(=O)N4CCC[C@H](O)C4)cc3)CC2)cn1. The average Bonchev–Trinajstić information content (AvgIpc) is 3.37. The van der Waals surface area contributed by atoms with E-state index in [1.165, 1.54) is 16.8 Å². The monoisotopic (exact) mass is 487 g/mol. The number of aliphatic hydroxyl groups is 1. The van der Waals surface area contributed by atoms with E-state index in [0.29, 0.717) is 18.2 Å². The van der Waals surface area contributed by atoms with Crippen LogP contribution >= 0.6 is 0 Å². The number of amides is 1. The molecule has 0 saturated carbocycles. The van der Waals surface area contributed by atoms with E-state index in [0.717, 1.165) is 57.5 Å². The van der Waals surface area contributed by atoms with E-state index >= 15 is 0 Å². The van der Waals surface area contributed by atoms with Crippen molar-refractivity contribution in [3.05, 3.63) is 77.6 Å². The maximum absolute atomic E-state index is 12.8. The normalized spacial score (nSPS) is 19.2. The number of aryl methyl sites for hydroxylation is 1. The fraction of sp³-hybridized carbons (Fsp3) is 0.448. The highest BCUT2D eigenvalue weighted by Crippen LogP contribution is 2.24. The van der Waals surface area contributed by atoms with Crippen molar-refractivity contribution < 1.29 is 9.90 Å². The Morgan fingerprint density at radius 3 is 2.53 bits per heavy atom. The Kier molecular flexibility index (Phi) is 7.39. The number of hydrogen-bond donors (Lipinski definition) is 1. The third-order valence-electron chi connectivity index (χ3n) is 7.68. The number of benzene rings is 2. The van der Waals surface area contributed by atoms with Gasteiger partial charge in [0, 0.05) is 61.8 Å². The number of para-hydroxylation sites is 1. The molecule has 5 rings (SSSR count). The first-order valence-corrected chi connectivity index (χ1v) is 13.1. The molecule has 2 aliphatic heterocycles. The minimum Gasteiger partial charge on any atom is -0.391 e. The lowest BCUT2D eigenvalue weighted by Crippen LogP contribution is -2.43. The van der Waals surface area contributed by atoms with E-state index in [4.69, 9.17) is 0 Å². The minimum absolute atomic E-state index is 0.0198. The second kappa shape index (κ2) is 10.8. The van der Waals surface area contributed by atoms with E-state index in [2.05, 4.69) is 71.5 Å². The highest BCUT2D eigenvalue weighted by molar-refractivity contribution is 5.94. The van der Waals surface area contributed by atoms with Crippen LogP contribution in [0.3, 0.4) is 0 Å². The van der Waals surface area contributed by atoms with Crippen LogP contribution in [0, 0.1) is 6.92 Å². The summed E-state index contributed by atoms with van der Waals surface area (Å²) < 4.78 is 1.98. The number of likely N-dealkylation sites (tertiary alicyclic amines) is 1. The second-order valence-corrected chi connectivity index (χ2v) is 10.3. The molecule has 2 aliphatic rings. The molecule has 2 saturated heterocycles. The summed E-state index contributed by atoms with van der Waals surface area (Å²) >= 11 is 0. The molecule has 3 aromatic rings. The van der Waals surface area contributed by atoms with Crippen LogP contribution in [0.4, 0.5) is 5.69 Å². The van der Waals surface area contributed by atoms with Crippen molar-refractivity contribution in [2.45, 2.75) is 51.3 Å². The van der Waals surface area contributed by atoms with Crippen LogP contribution in [-0.4, -0.2) is 76.0 Å². The van der Waals surface area contributed by atoms with Crippen molar-refractivity contribution in [3.8, 4) is 5.69 Å². The zero-order chi connectivity index (χ0) is 25.1. The van der Waals surface area contributed by atoms with Gasteiger partial charge in [-0.15, -0.1) is 0 Å². The Hall–Kier alpha value is -3.16. The molecule has 190 valence electrons. The molecule has 0 radical (unpaired) electrons. The molecule has 7 nitrogen and oxygen atoms in total. The zero-order valence-electron chi connectivity index (χ0n) is 21.4. The number of rotatable bonds is 6. The Morgan fingerprint density at radius 2 is 1.81 bits per heavy atom. The quantitative estimate of drug-likeness (QED) is 0.572. The first-order valence-electron chi connectivity index (χ1n) is 13.1. The van der Waals surface area contributed by atoms with Gasteiger partial charge >= 0.3 is 0 Å². The largest absolute Gasteiger partial charge is 0.391 e. The zero-order valence-corrected chi connectivity index (χ0v) is 21.4. The number of nitrogens with zero attached hydrogens (tertiary/aromatic N) is 5. The van der Waals surface area contributed by atoms with Crippen LogP contribution in [0.2, 0.25) is 0 Å². The molecule has 2 aromatic carbocycles. The summed E-state index contributed by atoms with van der Waals surface area (Å²) in [6.45, 7) is 6.17. The lowest BCUT2D eigenvalue weighted by Gasteiger charge is -2.38. The summed E-state index contributed by atoms with van der Waals surface area (Å²) in [6, 6.07) is 16.9. The summed E-state index contributed by atoms with van der Waals surface area (Å²) in [5.41, 5.74) is 5.45. The number of hydrogen-bond acceptors (Lipinski definition) is 5. The van der Waals surface area contributed by atoms with Gasteiger partial charge in [-0.25, -0.2) is 4.68 Å². The predicted molar refractivity (Wildman–Crippen MR) is 143 cm³/mol. The van der Waals surface area contributed by atoms with Crippen LogP contribution in [0.1, 0.15) is 47.2 Å². The molecule has 1 aromatic heterocycles. The highest BCUT2D eigenvalue weighted by Gasteiger charge is 2.25. The van der Waals surface area contributed by atoms with Crippen molar-refractivity contribution >= 4 is 11.6 Å². The Morgan fingerprint density at radius 1 is 1.06 bits per heavy atom. The maximum atomic E-state index is 12.8. The van der Waals surface area contributed by atoms with Gasteiger partial charge in [0.1, 0.15) is 0 Å². The molecule has 0 bridgehead atoms. The standard InChI is InChI=1S/C29H37N5O2/c1-22-6-3-4-8-28(22)34-20-23(18-30-34)19-31(2)25-13-16-32(17-14-25)26-11-9-24(10-12-26)29(36)33-15-5-7-27(35)21-33/h3-4,6,8-12,18,20,25,27,35H,5,7,13-17,19,21H2,1-2H3/t27-/m0/s1. The van der Waals surface area contributed by atoms with Gasteiger partial charge in [0.15, 0.2) is 0 Å². The first kappa shape index (κ1) is 24.5. The number of aliphatic hydroxyl groups excluding tert-OH is 1. The van der Waals surface area contributed by atoms with Crippen molar-refractivity contribution in [1.82, 2.24) is 19.6 Å². The van der Waals surface area contributed by atoms with Crippen LogP contribution in [0.5, 0.6) is 0 Å². The summed E-state index contributed by atoms with van der Waals surface area (Å²) in [5.74, 6) is 0.0198. The second-order valence-electron chi connectivity index (χ2n) is 10.3. The number of anilines is 1. The molecular formula is C29H37N5O2. The number of piperidine rings is 2. The molecule has 1 N–H and O–H groups in total. The first-order chi connectivity index (χ1) is 17.5. The van der Waals surface area contributed by atoms with Gasteiger partial charge in [-0.2, -0.15) is 5.10 Å². The summed E-state index contributed by atoms with van der Waals surface area (Å²) in [6.07, 6.45) is 7.58. The number of carbonyl (C=O) groups excluding carboxylic acids is 1. The highest BCUT2D eigenvalue weighted by atomic mass is 16.3. The molecule has 36 heavy (non-hydrogen) atoms. The molecule has 2 fully saturated rings. The van der Waals surface area contributed by atoms with E-state index < -0.39 is 6.10 Å². The Balaban J connectivity index is 1.13. The van der Waals surface area contributed by atoms with Crippen molar-refractivity contribution in [2.75, 3.05) is 38.1 Å². The Labute approximate surface area is 213 Å². The minimum atomic E-state index is -0.398. The molecule has 0 spiro atoms. The van der Waals surface area contributed by atoms with Crippen molar-refractivity contribution in [2.24, 2.45) is 0 Å². The van der Waals surface area contributed by atoms with Crippen LogP contribution in [-0.2, 0) is 6.54 Å². The predicted octanol–water partition coefficient (Wildman–Crippen LogP) is 3.88. The fourth-order valence-corrected chi connectivity index (χ4v) is 5.51. The third kappa shape index (κ3) is 5.47. The smallest absolute Gasteiger partial charge is 0.253 e. The molecule has 3 heterocycles.